The standard InChI is InChI=1S/C15H19FN2O/c1-4-11(9-17)14(19)18-10-15(2,3)12-6-5-7-13(16)8-12/h5-8,11H,4,10H2,1-3H3,(H,18,19). The number of benzene rings is 1. The van der Waals surface area contributed by atoms with Crippen LogP contribution in [0.1, 0.15) is 32.8 Å². The normalized spacial score (nSPS) is 12.6. The quantitative estimate of drug-likeness (QED) is 0.887. The molecule has 1 N–H and O–H groups in total. The van der Waals surface area contributed by atoms with Crippen LogP contribution >= 0.6 is 0 Å². The van der Waals surface area contributed by atoms with E-state index in [1.165, 1.54) is 12.1 Å². The van der Waals surface area contributed by atoms with Crippen molar-refractivity contribution in [2.24, 2.45) is 5.92 Å². The number of carbonyl (C=O) groups is 1. The number of halogens is 1. The topological polar surface area (TPSA) is 52.9 Å². The van der Waals surface area contributed by atoms with Crippen LogP contribution in [0.4, 0.5) is 4.39 Å². The molecule has 0 aliphatic heterocycles. The van der Waals surface area contributed by atoms with Crippen LogP contribution in [0.25, 0.3) is 0 Å². The van der Waals surface area contributed by atoms with Gasteiger partial charge in [0.25, 0.3) is 0 Å². The van der Waals surface area contributed by atoms with Gasteiger partial charge in [-0.25, -0.2) is 4.39 Å². The zero-order chi connectivity index (χ0) is 14.5. The van der Waals surface area contributed by atoms with E-state index in [0.717, 1.165) is 5.56 Å². The second-order valence-corrected chi connectivity index (χ2v) is 5.20. The van der Waals surface area contributed by atoms with Crippen LogP contribution in [0.5, 0.6) is 0 Å². The van der Waals surface area contributed by atoms with Crippen LogP contribution in [0.2, 0.25) is 0 Å². The zero-order valence-electron chi connectivity index (χ0n) is 11.5. The van der Waals surface area contributed by atoms with E-state index >= 15 is 0 Å². The first-order valence-corrected chi connectivity index (χ1v) is 6.34. The van der Waals surface area contributed by atoms with E-state index in [4.69, 9.17) is 5.26 Å². The van der Waals surface area contributed by atoms with E-state index in [1.807, 2.05) is 26.0 Å². The second-order valence-electron chi connectivity index (χ2n) is 5.20. The van der Waals surface area contributed by atoms with Crippen LogP contribution in [-0.2, 0) is 10.2 Å². The highest BCUT2D eigenvalue weighted by Gasteiger charge is 2.23. The van der Waals surface area contributed by atoms with Crippen LogP contribution in [0, 0.1) is 23.1 Å². The maximum absolute atomic E-state index is 13.2. The van der Waals surface area contributed by atoms with Crippen molar-refractivity contribution in [1.29, 1.82) is 5.26 Å². The SMILES string of the molecule is CCC(C#N)C(=O)NCC(C)(C)c1cccc(F)c1. The average Bonchev–Trinajstić information content (AvgIpc) is 2.38. The summed E-state index contributed by atoms with van der Waals surface area (Å²) in [5, 5.41) is 11.6. The Morgan fingerprint density at radius 1 is 1.53 bits per heavy atom. The highest BCUT2D eigenvalue weighted by molar-refractivity contribution is 5.81. The van der Waals surface area contributed by atoms with Crippen molar-refractivity contribution in [2.75, 3.05) is 6.54 Å². The predicted octanol–water partition coefficient (Wildman–Crippen LogP) is 2.77. The lowest BCUT2D eigenvalue weighted by molar-refractivity contribution is -0.123. The molecule has 19 heavy (non-hydrogen) atoms. The second kappa shape index (κ2) is 6.33. The third-order valence-electron chi connectivity index (χ3n) is 3.19. The molecule has 1 rings (SSSR count). The molecule has 0 fully saturated rings. The molecule has 4 heteroatoms. The summed E-state index contributed by atoms with van der Waals surface area (Å²) in [6.45, 7) is 6.02. The van der Waals surface area contributed by atoms with Gasteiger partial charge in [0.2, 0.25) is 5.91 Å². The lowest BCUT2D eigenvalue weighted by atomic mass is 9.84. The molecule has 1 amide bonds. The van der Waals surface area contributed by atoms with Crippen molar-refractivity contribution >= 4 is 5.91 Å². The Hall–Kier alpha value is -1.89. The van der Waals surface area contributed by atoms with Gasteiger partial charge in [-0.3, -0.25) is 4.79 Å². The maximum atomic E-state index is 13.2. The van der Waals surface area contributed by atoms with E-state index in [-0.39, 0.29) is 17.1 Å². The van der Waals surface area contributed by atoms with Crippen LogP contribution in [0.15, 0.2) is 24.3 Å². The minimum absolute atomic E-state index is 0.269. The molecular weight excluding hydrogens is 243 g/mol. The molecule has 3 nitrogen and oxygen atoms in total. The predicted molar refractivity (Wildman–Crippen MR) is 71.8 cm³/mol. The number of nitrogens with one attached hydrogen (secondary N) is 1. The van der Waals surface area contributed by atoms with Crippen molar-refractivity contribution in [3.8, 4) is 6.07 Å². The lowest BCUT2D eigenvalue weighted by Gasteiger charge is -2.26. The summed E-state index contributed by atoms with van der Waals surface area (Å²) in [5.41, 5.74) is 0.434. The average molecular weight is 262 g/mol. The Bertz CT molecular complexity index is 491. The zero-order valence-corrected chi connectivity index (χ0v) is 11.5. The van der Waals surface area contributed by atoms with Crippen molar-refractivity contribution in [3.05, 3.63) is 35.6 Å². The van der Waals surface area contributed by atoms with E-state index < -0.39 is 5.92 Å². The van der Waals surface area contributed by atoms with Crippen molar-refractivity contribution in [1.82, 2.24) is 5.32 Å². The van der Waals surface area contributed by atoms with Gasteiger partial charge in [-0.05, 0) is 24.1 Å². The summed E-state index contributed by atoms with van der Waals surface area (Å²) in [5.74, 6) is -1.18. The summed E-state index contributed by atoms with van der Waals surface area (Å²) in [6.07, 6.45) is 0.489. The first kappa shape index (κ1) is 15.2. The van der Waals surface area contributed by atoms with Crippen LogP contribution in [0.3, 0.4) is 0 Å². The van der Waals surface area contributed by atoms with Gasteiger partial charge < -0.3 is 5.32 Å². The van der Waals surface area contributed by atoms with Crippen molar-refractivity contribution < 1.29 is 9.18 Å². The largest absolute Gasteiger partial charge is 0.354 e. The molecule has 0 bridgehead atoms. The molecule has 0 radical (unpaired) electrons. The summed E-state index contributed by atoms with van der Waals surface area (Å²) in [6, 6.07) is 8.30. The van der Waals surface area contributed by atoms with Gasteiger partial charge in [0.05, 0.1) is 6.07 Å². The van der Waals surface area contributed by atoms with Gasteiger partial charge >= 0.3 is 0 Å². The van der Waals surface area contributed by atoms with E-state index in [2.05, 4.69) is 5.32 Å². The number of rotatable bonds is 5. The van der Waals surface area contributed by atoms with Crippen molar-refractivity contribution in [3.63, 3.8) is 0 Å². The summed E-state index contributed by atoms with van der Waals surface area (Å²) < 4.78 is 13.2. The third kappa shape index (κ3) is 4.06. The molecule has 1 unspecified atom stereocenters. The van der Waals surface area contributed by atoms with Gasteiger partial charge in [0.1, 0.15) is 11.7 Å². The van der Waals surface area contributed by atoms with E-state index in [1.54, 1.807) is 13.0 Å². The van der Waals surface area contributed by atoms with Gasteiger partial charge in [-0.15, -0.1) is 0 Å². The lowest BCUT2D eigenvalue weighted by Crippen LogP contribution is -2.39. The van der Waals surface area contributed by atoms with Crippen LogP contribution < -0.4 is 5.32 Å². The Morgan fingerprint density at radius 2 is 2.21 bits per heavy atom. The molecule has 1 aromatic carbocycles. The minimum Gasteiger partial charge on any atom is -0.354 e. The molecule has 1 atom stereocenters. The highest BCUT2D eigenvalue weighted by Crippen LogP contribution is 2.23. The van der Waals surface area contributed by atoms with Crippen LogP contribution in [-0.4, -0.2) is 12.5 Å². The van der Waals surface area contributed by atoms with E-state index in [0.29, 0.717) is 13.0 Å². The summed E-state index contributed by atoms with van der Waals surface area (Å²) >= 11 is 0. The first-order valence-electron chi connectivity index (χ1n) is 6.34. The Labute approximate surface area is 113 Å². The molecule has 0 aliphatic rings. The van der Waals surface area contributed by atoms with E-state index in [9.17, 15) is 9.18 Å². The molecule has 0 aromatic heterocycles. The maximum Gasteiger partial charge on any atom is 0.237 e. The van der Waals surface area contributed by atoms with Crippen molar-refractivity contribution in [2.45, 2.75) is 32.6 Å². The molecule has 0 saturated carbocycles. The molecule has 0 spiro atoms. The Kier molecular flexibility index (Phi) is 5.05. The number of amides is 1. The van der Waals surface area contributed by atoms with Gasteiger partial charge in [0, 0.05) is 12.0 Å². The van der Waals surface area contributed by atoms with Gasteiger partial charge in [0.15, 0.2) is 0 Å². The minimum atomic E-state index is -0.622. The molecule has 0 aliphatic carbocycles. The number of nitriles is 1. The molecule has 0 heterocycles. The fourth-order valence-electron chi connectivity index (χ4n) is 1.78. The monoisotopic (exact) mass is 262 g/mol. The smallest absolute Gasteiger partial charge is 0.237 e. The number of nitrogens with zero attached hydrogens (tertiary/aromatic N) is 1. The molecule has 0 saturated heterocycles. The molecular formula is C15H19FN2O. The third-order valence-corrected chi connectivity index (χ3v) is 3.19. The van der Waals surface area contributed by atoms with Gasteiger partial charge in [-0.1, -0.05) is 32.9 Å². The number of hydrogen-bond acceptors (Lipinski definition) is 2. The molecule has 1 aromatic rings. The number of hydrogen-bond donors (Lipinski definition) is 1. The Balaban J connectivity index is 2.71. The highest BCUT2D eigenvalue weighted by atomic mass is 19.1. The number of carbonyl (C=O) groups excluding carboxylic acids is 1. The summed E-state index contributed by atoms with van der Waals surface area (Å²) in [4.78, 5) is 11.7. The molecule has 102 valence electrons. The first-order chi connectivity index (χ1) is 8.90. The van der Waals surface area contributed by atoms with Gasteiger partial charge in [-0.2, -0.15) is 5.26 Å². The Morgan fingerprint density at radius 3 is 2.74 bits per heavy atom. The summed E-state index contributed by atoms with van der Waals surface area (Å²) in [7, 11) is 0. The fraction of sp³-hybridized carbons (Fsp3) is 0.467. The fourth-order valence-corrected chi connectivity index (χ4v) is 1.78.